The lowest BCUT2D eigenvalue weighted by Crippen LogP contribution is -2.23. The summed E-state index contributed by atoms with van der Waals surface area (Å²) in [4.78, 5) is 27.6. The van der Waals surface area contributed by atoms with Crippen LogP contribution in [0, 0.1) is 0 Å². The fraction of sp³-hybridized carbons (Fsp3) is 0.263. The van der Waals surface area contributed by atoms with Gasteiger partial charge in [-0.2, -0.15) is 0 Å². The number of esters is 1. The summed E-state index contributed by atoms with van der Waals surface area (Å²) in [6.45, 7) is 0.225. The molecule has 132 valence electrons. The molecule has 4 nitrogen and oxygen atoms in total. The predicted octanol–water partition coefficient (Wildman–Crippen LogP) is 3.95. The lowest BCUT2D eigenvalue weighted by molar-refractivity contribution is -0.125. The minimum absolute atomic E-state index is 0.00190. The lowest BCUT2D eigenvalue weighted by Gasteiger charge is -2.12. The van der Waals surface area contributed by atoms with Crippen LogP contribution in [0.25, 0.3) is 0 Å². The number of hydrogen-bond acceptors (Lipinski definition) is 5. The summed E-state index contributed by atoms with van der Waals surface area (Å²) in [5.41, 5.74) is 1.43. The molecule has 0 fully saturated rings. The molecule has 0 atom stereocenters. The van der Waals surface area contributed by atoms with E-state index >= 15 is 0 Å². The zero-order valence-electron chi connectivity index (χ0n) is 14.5. The van der Waals surface area contributed by atoms with E-state index in [9.17, 15) is 9.59 Å². The van der Waals surface area contributed by atoms with E-state index in [-0.39, 0.29) is 24.2 Å². The van der Waals surface area contributed by atoms with Crippen molar-refractivity contribution < 1.29 is 14.3 Å². The zero-order chi connectivity index (χ0) is 18.2. The first-order valence-electron chi connectivity index (χ1n) is 7.73. The van der Waals surface area contributed by atoms with Gasteiger partial charge in [0.1, 0.15) is 6.61 Å². The standard InChI is InChI=1S/C19H21NO3S2/c1-20(2)18(21)13-25-17-7-5-4-6-16(17)19(22)23-12-14-8-10-15(24-3)11-9-14/h4-11H,12-13H2,1-3H3. The van der Waals surface area contributed by atoms with Gasteiger partial charge in [0.15, 0.2) is 0 Å². The second-order valence-electron chi connectivity index (χ2n) is 5.50. The molecule has 1 amide bonds. The van der Waals surface area contributed by atoms with Gasteiger partial charge in [-0.05, 0) is 36.1 Å². The fourth-order valence-corrected chi connectivity index (χ4v) is 3.41. The largest absolute Gasteiger partial charge is 0.457 e. The Labute approximate surface area is 156 Å². The average molecular weight is 376 g/mol. The number of rotatable bonds is 7. The number of carbonyl (C=O) groups excluding carboxylic acids is 2. The number of hydrogen-bond donors (Lipinski definition) is 0. The maximum Gasteiger partial charge on any atom is 0.339 e. The molecule has 0 aliphatic rings. The van der Waals surface area contributed by atoms with Crippen molar-refractivity contribution in [2.24, 2.45) is 0 Å². The molecule has 0 aliphatic carbocycles. The van der Waals surface area contributed by atoms with Crippen LogP contribution in [-0.4, -0.2) is 42.9 Å². The molecule has 0 heterocycles. The Hall–Kier alpha value is -1.92. The molecule has 0 radical (unpaired) electrons. The van der Waals surface area contributed by atoms with Crippen molar-refractivity contribution in [3.05, 3.63) is 59.7 Å². The number of carbonyl (C=O) groups is 2. The Morgan fingerprint density at radius 1 is 1.04 bits per heavy atom. The van der Waals surface area contributed by atoms with Gasteiger partial charge in [-0.1, -0.05) is 24.3 Å². The van der Waals surface area contributed by atoms with Gasteiger partial charge in [-0.15, -0.1) is 23.5 Å². The first kappa shape index (κ1) is 19.4. The zero-order valence-corrected chi connectivity index (χ0v) is 16.2. The van der Waals surface area contributed by atoms with E-state index in [1.807, 2.05) is 42.7 Å². The highest BCUT2D eigenvalue weighted by Crippen LogP contribution is 2.24. The number of amides is 1. The molecular weight excluding hydrogens is 354 g/mol. The van der Waals surface area contributed by atoms with Crippen molar-refractivity contribution in [1.82, 2.24) is 4.90 Å². The Morgan fingerprint density at radius 3 is 2.36 bits per heavy atom. The SMILES string of the molecule is CSc1ccc(COC(=O)c2ccccc2SCC(=O)N(C)C)cc1. The summed E-state index contributed by atoms with van der Waals surface area (Å²) >= 11 is 3.01. The first-order valence-corrected chi connectivity index (χ1v) is 9.94. The smallest absolute Gasteiger partial charge is 0.339 e. The van der Waals surface area contributed by atoms with Crippen LogP contribution < -0.4 is 0 Å². The number of ether oxygens (including phenoxy) is 1. The topological polar surface area (TPSA) is 46.6 Å². The minimum Gasteiger partial charge on any atom is -0.457 e. The molecule has 0 unspecified atom stereocenters. The molecule has 0 aliphatic heterocycles. The van der Waals surface area contributed by atoms with Crippen LogP contribution in [0.2, 0.25) is 0 Å². The summed E-state index contributed by atoms with van der Waals surface area (Å²) in [6, 6.07) is 15.1. The second kappa shape index (κ2) is 9.53. The minimum atomic E-state index is -0.380. The molecule has 2 aromatic rings. The summed E-state index contributed by atoms with van der Waals surface area (Å²) in [6.07, 6.45) is 2.02. The highest BCUT2D eigenvalue weighted by atomic mass is 32.2. The van der Waals surface area contributed by atoms with Crippen LogP contribution in [0.5, 0.6) is 0 Å². The molecule has 0 spiro atoms. The average Bonchev–Trinajstić information content (AvgIpc) is 2.64. The molecule has 2 aromatic carbocycles. The van der Waals surface area contributed by atoms with Gasteiger partial charge in [0, 0.05) is 23.9 Å². The number of thioether (sulfide) groups is 2. The molecule has 0 aromatic heterocycles. The van der Waals surface area contributed by atoms with Crippen molar-refractivity contribution in [2.45, 2.75) is 16.4 Å². The van der Waals surface area contributed by atoms with Gasteiger partial charge in [0.05, 0.1) is 11.3 Å². The molecule has 0 saturated carbocycles. The maximum absolute atomic E-state index is 12.4. The van der Waals surface area contributed by atoms with E-state index in [4.69, 9.17) is 4.74 Å². The van der Waals surface area contributed by atoms with Crippen molar-refractivity contribution in [3.63, 3.8) is 0 Å². The normalized spacial score (nSPS) is 10.4. The van der Waals surface area contributed by atoms with Gasteiger partial charge < -0.3 is 9.64 Å². The number of nitrogens with zero attached hydrogens (tertiary/aromatic N) is 1. The van der Waals surface area contributed by atoms with Crippen LogP contribution in [0.4, 0.5) is 0 Å². The van der Waals surface area contributed by atoms with Crippen LogP contribution in [0.1, 0.15) is 15.9 Å². The van der Waals surface area contributed by atoms with Crippen LogP contribution in [0.15, 0.2) is 58.3 Å². The van der Waals surface area contributed by atoms with E-state index < -0.39 is 0 Å². The van der Waals surface area contributed by atoms with E-state index in [0.29, 0.717) is 5.56 Å². The Morgan fingerprint density at radius 2 is 1.72 bits per heavy atom. The van der Waals surface area contributed by atoms with Crippen LogP contribution >= 0.6 is 23.5 Å². The Bertz CT molecular complexity index is 730. The van der Waals surface area contributed by atoms with Crippen LogP contribution in [0.3, 0.4) is 0 Å². The Kier molecular flexibility index (Phi) is 7.40. The van der Waals surface area contributed by atoms with Gasteiger partial charge in [-0.25, -0.2) is 4.79 Å². The third-order valence-corrected chi connectivity index (χ3v) is 5.29. The quantitative estimate of drug-likeness (QED) is 0.542. The first-order chi connectivity index (χ1) is 12.0. The third kappa shape index (κ3) is 5.83. The van der Waals surface area contributed by atoms with E-state index in [0.717, 1.165) is 10.5 Å². The molecule has 6 heteroatoms. The maximum atomic E-state index is 12.4. The Balaban J connectivity index is 1.99. The van der Waals surface area contributed by atoms with E-state index in [1.54, 1.807) is 38.0 Å². The molecule has 2 rings (SSSR count). The second-order valence-corrected chi connectivity index (χ2v) is 7.39. The summed E-state index contributed by atoms with van der Waals surface area (Å²) in [5, 5.41) is 0. The molecule has 0 N–H and O–H groups in total. The molecule has 0 saturated heterocycles. The van der Waals surface area contributed by atoms with Crippen molar-refractivity contribution in [3.8, 4) is 0 Å². The van der Waals surface area contributed by atoms with Crippen molar-refractivity contribution >= 4 is 35.4 Å². The summed E-state index contributed by atoms with van der Waals surface area (Å²) in [5.74, 6) is -0.0932. The fourth-order valence-electron chi connectivity index (χ4n) is 1.98. The summed E-state index contributed by atoms with van der Waals surface area (Å²) < 4.78 is 5.43. The summed E-state index contributed by atoms with van der Waals surface area (Å²) in [7, 11) is 3.43. The molecule has 0 bridgehead atoms. The highest BCUT2D eigenvalue weighted by Gasteiger charge is 2.14. The van der Waals surface area contributed by atoms with Gasteiger partial charge in [0.2, 0.25) is 5.91 Å². The van der Waals surface area contributed by atoms with Gasteiger partial charge in [0.25, 0.3) is 0 Å². The lowest BCUT2D eigenvalue weighted by atomic mass is 10.2. The van der Waals surface area contributed by atoms with E-state index in [1.165, 1.54) is 21.6 Å². The van der Waals surface area contributed by atoms with Crippen LogP contribution in [-0.2, 0) is 16.1 Å². The van der Waals surface area contributed by atoms with Crippen molar-refractivity contribution in [2.75, 3.05) is 26.1 Å². The third-order valence-electron chi connectivity index (χ3n) is 3.49. The molecular formula is C19H21NO3S2. The molecule has 25 heavy (non-hydrogen) atoms. The highest BCUT2D eigenvalue weighted by molar-refractivity contribution is 8.00. The van der Waals surface area contributed by atoms with Crippen molar-refractivity contribution in [1.29, 1.82) is 0 Å². The monoisotopic (exact) mass is 375 g/mol. The van der Waals surface area contributed by atoms with E-state index in [2.05, 4.69) is 0 Å². The predicted molar refractivity (Wildman–Crippen MR) is 103 cm³/mol. The van der Waals surface area contributed by atoms with Gasteiger partial charge in [-0.3, -0.25) is 4.79 Å². The number of benzene rings is 2. The van der Waals surface area contributed by atoms with Gasteiger partial charge >= 0.3 is 5.97 Å².